The fraction of sp³-hybridized carbons (Fsp3) is 0.172. The zero-order valence-corrected chi connectivity index (χ0v) is 18.6. The third-order valence-corrected chi connectivity index (χ3v) is 6.24. The maximum absolute atomic E-state index is 6.53. The second-order valence-electron chi connectivity index (χ2n) is 8.73. The van der Waals surface area contributed by atoms with Crippen LogP contribution in [0.25, 0.3) is 33.1 Å². The summed E-state index contributed by atoms with van der Waals surface area (Å²) in [7, 11) is 0. The summed E-state index contributed by atoms with van der Waals surface area (Å²) in [4.78, 5) is 0. The van der Waals surface area contributed by atoms with Gasteiger partial charge in [-0.1, -0.05) is 85.5 Å². The van der Waals surface area contributed by atoms with Gasteiger partial charge in [-0.15, -0.1) is 12.1 Å². The molecule has 0 bridgehead atoms. The molecule has 154 valence electrons. The SMILES string of the molecule is C=[N+]1C=C(C)C(C(C)C)=C[C-]1c1c(C)ccc2c1[o+][c-]1cc(-c3ccccc3)ccc21. The summed E-state index contributed by atoms with van der Waals surface area (Å²) in [5, 5.41) is 2.28. The molecule has 0 atom stereocenters. The van der Waals surface area contributed by atoms with Crippen LogP contribution in [-0.4, -0.2) is 11.3 Å². The van der Waals surface area contributed by atoms with Crippen LogP contribution in [0.15, 0.2) is 88.5 Å². The van der Waals surface area contributed by atoms with Gasteiger partial charge in [-0.2, -0.15) is 0 Å². The number of rotatable bonds is 3. The molecule has 0 radical (unpaired) electrons. The Kier molecular flexibility index (Phi) is 4.59. The molecule has 3 aromatic carbocycles. The predicted octanol–water partition coefficient (Wildman–Crippen LogP) is 7.65. The molecule has 0 N–H and O–H groups in total. The number of furan rings is 1. The van der Waals surface area contributed by atoms with Crippen molar-refractivity contribution in [2.75, 3.05) is 0 Å². The Balaban J connectivity index is 1.72. The van der Waals surface area contributed by atoms with E-state index < -0.39 is 0 Å². The van der Waals surface area contributed by atoms with Gasteiger partial charge in [-0.3, -0.25) is 8.99 Å². The van der Waals surface area contributed by atoms with Gasteiger partial charge in [0.1, 0.15) is 6.20 Å². The van der Waals surface area contributed by atoms with Gasteiger partial charge in [0.05, 0.1) is 12.3 Å². The number of fused-ring (bicyclic) bond motifs is 3. The molecular formula is C29H27NO. The first-order valence-corrected chi connectivity index (χ1v) is 10.8. The normalized spacial score (nSPS) is 14.5. The van der Waals surface area contributed by atoms with Gasteiger partial charge in [0.2, 0.25) is 0 Å². The highest BCUT2D eigenvalue weighted by Gasteiger charge is 2.28. The van der Waals surface area contributed by atoms with Crippen LogP contribution in [-0.2, 0) is 0 Å². The third-order valence-electron chi connectivity index (χ3n) is 6.24. The number of hydrogen-bond acceptors (Lipinski definition) is 0. The second-order valence-corrected chi connectivity index (χ2v) is 8.73. The van der Waals surface area contributed by atoms with Crippen molar-refractivity contribution in [2.24, 2.45) is 5.92 Å². The monoisotopic (exact) mass is 405 g/mol. The van der Waals surface area contributed by atoms with Crippen molar-refractivity contribution in [1.82, 2.24) is 0 Å². The van der Waals surface area contributed by atoms with Crippen LogP contribution in [0.5, 0.6) is 0 Å². The van der Waals surface area contributed by atoms with Crippen LogP contribution in [0.1, 0.15) is 31.9 Å². The Labute approximate surface area is 183 Å². The molecule has 0 saturated carbocycles. The molecular weight excluding hydrogens is 378 g/mol. The number of hydrogen-bond donors (Lipinski definition) is 0. The molecule has 2 heterocycles. The fourth-order valence-electron chi connectivity index (χ4n) is 4.63. The lowest BCUT2D eigenvalue weighted by molar-refractivity contribution is -0.419. The molecule has 4 aromatic rings. The molecule has 2 nitrogen and oxygen atoms in total. The van der Waals surface area contributed by atoms with Gasteiger partial charge in [0, 0.05) is 0 Å². The molecule has 0 spiro atoms. The summed E-state index contributed by atoms with van der Waals surface area (Å²) in [6, 6.07) is 22.4. The van der Waals surface area contributed by atoms with Crippen molar-refractivity contribution in [1.29, 1.82) is 0 Å². The lowest BCUT2D eigenvalue weighted by atomic mass is 9.88. The number of benzene rings is 3. The molecule has 31 heavy (non-hydrogen) atoms. The van der Waals surface area contributed by atoms with Crippen molar-refractivity contribution in [3.63, 3.8) is 0 Å². The minimum atomic E-state index is 0.448. The molecule has 1 aliphatic rings. The van der Waals surface area contributed by atoms with Crippen molar-refractivity contribution in [3.8, 4) is 11.1 Å². The maximum Gasteiger partial charge on any atom is 0.279 e. The molecule has 5 rings (SSSR count). The van der Waals surface area contributed by atoms with Gasteiger partial charge in [-0.25, -0.2) is 0 Å². The van der Waals surface area contributed by atoms with Crippen molar-refractivity contribution >= 4 is 28.7 Å². The summed E-state index contributed by atoms with van der Waals surface area (Å²) in [6.07, 6.45) is 4.40. The van der Waals surface area contributed by atoms with E-state index in [1.165, 1.54) is 22.3 Å². The van der Waals surface area contributed by atoms with E-state index in [9.17, 15) is 0 Å². The predicted molar refractivity (Wildman–Crippen MR) is 130 cm³/mol. The molecule has 0 unspecified atom stereocenters. The summed E-state index contributed by atoms with van der Waals surface area (Å²) >= 11 is 0. The van der Waals surface area contributed by atoms with E-state index in [4.69, 9.17) is 4.42 Å². The summed E-state index contributed by atoms with van der Waals surface area (Å²) < 4.78 is 8.50. The second kappa shape index (κ2) is 7.31. The van der Waals surface area contributed by atoms with E-state index in [0.29, 0.717) is 5.92 Å². The lowest BCUT2D eigenvalue weighted by Crippen LogP contribution is -2.19. The Morgan fingerprint density at radius 3 is 2.45 bits per heavy atom. The summed E-state index contributed by atoms with van der Waals surface area (Å²) in [5.41, 5.74) is 9.10. The van der Waals surface area contributed by atoms with Gasteiger partial charge in [0.15, 0.2) is 6.04 Å². The minimum absolute atomic E-state index is 0.448. The smallest absolute Gasteiger partial charge is 0.279 e. The number of allylic oxidation sites excluding steroid dienone is 2. The highest BCUT2D eigenvalue weighted by Crippen LogP contribution is 2.40. The Hall–Kier alpha value is -3.52. The quantitative estimate of drug-likeness (QED) is 0.194. The van der Waals surface area contributed by atoms with E-state index in [1.54, 1.807) is 0 Å². The molecule has 2 heteroatoms. The summed E-state index contributed by atoms with van der Waals surface area (Å²) in [5.74, 6) is 0.448. The van der Waals surface area contributed by atoms with E-state index >= 15 is 0 Å². The zero-order valence-electron chi connectivity index (χ0n) is 18.6. The van der Waals surface area contributed by atoms with Crippen molar-refractivity contribution in [3.05, 3.63) is 101 Å². The van der Waals surface area contributed by atoms with Crippen LogP contribution >= 0.6 is 0 Å². The van der Waals surface area contributed by atoms with Crippen LogP contribution in [0.4, 0.5) is 0 Å². The van der Waals surface area contributed by atoms with Gasteiger partial charge < -0.3 is 0 Å². The fourth-order valence-corrected chi connectivity index (χ4v) is 4.63. The van der Waals surface area contributed by atoms with Crippen LogP contribution in [0.3, 0.4) is 0 Å². The van der Waals surface area contributed by atoms with Crippen LogP contribution in [0.2, 0.25) is 0 Å². The standard InChI is InChI=1S/C29H27NO/c1-18(2)25-16-26(30(5)17-20(25)4)28-19(3)11-13-24-23-14-12-22(15-27(23)31-29(24)28)21-9-7-6-8-10-21/h6-18H,5H2,1-4H3. The van der Waals surface area contributed by atoms with Crippen LogP contribution < -0.4 is 0 Å². The topological polar surface area (TPSA) is 14.3 Å². The maximum atomic E-state index is 6.53. The zero-order chi connectivity index (χ0) is 21.7. The van der Waals surface area contributed by atoms with Gasteiger partial charge >= 0.3 is 0 Å². The third kappa shape index (κ3) is 3.19. The van der Waals surface area contributed by atoms with Crippen LogP contribution in [0, 0.1) is 18.9 Å². The molecule has 1 aromatic heterocycles. The van der Waals surface area contributed by atoms with E-state index in [0.717, 1.165) is 39.1 Å². The first-order valence-electron chi connectivity index (χ1n) is 10.8. The Morgan fingerprint density at radius 1 is 0.935 bits per heavy atom. The van der Waals surface area contributed by atoms with Crippen molar-refractivity contribution in [2.45, 2.75) is 27.7 Å². The minimum Gasteiger partial charge on any atom is -0.286 e. The molecule has 1 aliphatic heterocycles. The first kappa shape index (κ1) is 19.4. The van der Waals surface area contributed by atoms with Crippen molar-refractivity contribution < 1.29 is 8.99 Å². The van der Waals surface area contributed by atoms with E-state index in [2.05, 4.69) is 101 Å². The average molecular weight is 406 g/mol. The largest absolute Gasteiger partial charge is 0.286 e. The highest BCUT2D eigenvalue weighted by molar-refractivity contribution is 6.07. The molecule has 0 fully saturated rings. The average Bonchev–Trinajstić information content (AvgIpc) is 3.12. The lowest BCUT2D eigenvalue weighted by Gasteiger charge is -2.25. The number of aryl methyl sites for hydroxylation is 1. The molecule has 0 amide bonds. The van der Waals surface area contributed by atoms with Gasteiger partial charge in [0.25, 0.3) is 11.2 Å². The van der Waals surface area contributed by atoms with E-state index in [-0.39, 0.29) is 0 Å². The highest BCUT2D eigenvalue weighted by atomic mass is 16.3. The van der Waals surface area contributed by atoms with Gasteiger partial charge in [-0.05, 0) is 41.3 Å². The Bertz CT molecular complexity index is 1380. The molecule has 0 aliphatic carbocycles. The number of nitrogens with zero attached hydrogens (tertiary/aromatic N) is 1. The Morgan fingerprint density at radius 2 is 1.71 bits per heavy atom. The molecule has 0 saturated heterocycles. The van der Waals surface area contributed by atoms with E-state index in [1.807, 2.05) is 10.6 Å². The first-order chi connectivity index (χ1) is 14.9. The summed E-state index contributed by atoms with van der Waals surface area (Å²) in [6.45, 7) is 13.1.